The van der Waals surface area contributed by atoms with E-state index < -0.39 is 67.4 Å². The normalized spacial score (nSPS) is 19.0. The minimum Gasteiger partial charge on any atom is -0.454 e. The van der Waals surface area contributed by atoms with Crippen molar-refractivity contribution in [1.29, 1.82) is 0 Å². The van der Waals surface area contributed by atoms with Crippen LogP contribution in [-0.2, 0) is 23.8 Å². The van der Waals surface area contributed by atoms with Crippen molar-refractivity contribution >= 4 is 11.9 Å². The highest BCUT2D eigenvalue weighted by atomic mass is 16.7. The molecule has 0 spiro atoms. The standard InChI is InChI=1S/C72H129NO10/c1-4-7-10-13-16-19-22-25-27-29-31-32-33-35-36-38-41-44-47-50-53-56-59-65(76)71(80)73-63(64(75)58-55-52-49-46-43-40-24-21-18-15-12-9-6-3)62-81-72-70(69(79)68(78)66(61-74)82-72)83-67(77)60-57-54-51-48-45-42-39-37-34-30-28-26-23-20-17-14-11-8-5-2/h16-17,19-20,25-28,34,37,55,58,63-66,68-70,72,74-76,78-79H,4-15,18,21-24,29-33,35-36,38-54,56-57,59-62H2,1-3H3,(H,73,80)/b19-16-,20-17-,27-25-,28-26-,37-34-,58-55+. The third kappa shape index (κ3) is 46.9. The summed E-state index contributed by atoms with van der Waals surface area (Å²) in [5.41, 5.74) is 0. The van der Waals surface area contributed by atoms with Crippen LogP contribution in [0, 0.1) is 0 Å². The van der Waals surface area contributed by atoms with Crippen molar-refractivity contribution in [2.75, 3.05) is 13.2 Å². The van der Waals surface area contributed by atoms with E-state index in [9.17, 15) is 35.1 Å². The molecule has 6 N–H and O–H groups in total. The van der Waals surface area contributed by atoms with Crippen LogP contribution in [0.2, 0.25) is 0 Å². The monoisotopic (exact) mass is 1170 g/mol. The zero-order valence-corrected chi connectivity index (χ0v) is 53.6. The van der Waals surface area contributed by atoms with Crippen LogP contribution in [0.1, 0.15) is 310 Å². The number of allylic oxidation sites excluding steroid dienone is 11. The van der Waals surface area contributed by atoms with E-state index in [2.05, 4.69) is 86.8 Å². The van der Waals surface area contributed by atoms with Crippen molar-refractivity contribution in [2.24, 2.45) is 0 Å². The number of nitrogens with one attached hydrogen (secondary N) is 1. The summed E-state index contributed by atoms with van der Waals surface area (Å²) in [6.07, 6.45) is 66.4. The van der Waals surface area contributed by atoms with Crippen LogP contribution < -0.4 is 5.32 Å². The molecule has 83 heavy (non-hydrogen) atoms. The Morgan fingerprint density at radius 2 is 0.831 bits per heavy atom. The van der Waals surface area contributed by atoms with Crippen molar-refractivity contribution in [2.45, 2.75) is 359 Å². The Labute approximate surface area is 509 Å². The molecule has 1 rings (SSSR count). The fraction of sp³-hybridized carbons (Fsp3) is 0.806. The second-order valence-corrected chi connectivity index (χ2v) is 23.9. The molecule has 8 atom stereocenters. The molecule has 0 aliphatic carbocycles. The van der Waals surface area contributed by atoms with Gasteiger partial charge in [0.1, 0.15) is 24.4 Å². The van der Waals surface area contributed by atoms with Crippen LogP contribution in [0.15, 0.2) is 72.9 Å². The molecule has 11 nitrogen and oxygen atoms in total. The predicted octanol–water partition coefficient (Wildman–Crippen LogP) is 17.5. The van der Waals surface area contributed by atoms with Gasteiger partial charge in [-0.25, -0.2) is 0 Å². The minimum absolute atomic E-state index is 0.108. The summed E-state index contributed by atoms with van der Waals surface area (Å²) in [6, 6.07) is -1.03. The van der Waals surface area contributed by atoms with E-state index in [0.29, 0.717) is 12.8 Å². The molecule has 0 saturated carbocycles. The number of carbonyl (C=O) groups is 2. The fourth-order valence-corrected chi connectivity index (χ4v) is 10.6. The summed E-state index contributed by atoms with van der Waals surface area (Å²) in [6.45, 7) is 5.76. The molecule has 482 valence electrons. The van der Waals surface area contributed by atoms with Crippen molar-refractivity contribution in [3.8, 4) is 0 Å². The van der Waals surface area contributed by atoms with Crippen molar-refractivity contribution in [3.05, 3.63) is 72.9 Å². The minimum atomic E-state index is -1.62. The molecule has 1 saturated heterocycles. The third-order valence-corrected chi connectivity index (χ3v) is 16.1. The predicted molar refractivity (Wildman–Crippen MR) is 347 cm³/mol. The number of ether oxygens (including phenoxy) is 3. The molecule has 1 fully saturated rings. The number of unbranched alkanes of at least 4 members (excludes halogenated alkanes) is 35. The van der Waals surface area contributed by atoms with E-state index in [-0.39, 0.29) is 19.4 Å². The summed E-state index contributed by atoms with van der Waals surface area (Å²) >= 11 is 0. The summed E-state index contributed by atoms with van der Waals surface area (Å²) in [5, 5.41) is 57.2. The second-order valence-electron chi connectivity index (χ2n) is 23.9. The molecular formula is C72H129NO10. The van der Waals surface area contributed by atoms with Gasteiger partial charge in [-0.05, 0) is 96.3 Å². The highest BCUT2D eigenvalue weighted by Crippen LogP contribution is 2.26. The van der Waals surface area contributed by atoms with Gasteiger partial charge in [-0.2, -0.15) is 0 Å². The van der Waals surface area contributed by atoms with Gasteiger partial charge < -0.3 is 45.1 Å². The molecule has 0 aromatic rings. The van der Waals surface area contributed by atoms with Crippen LogP contribution in [-0.4, -0.2) is 99.6 Å². The Kier molecular flexibility index (Phi) is 55.9. The van der Waals surface area contributed by atoms with E-state index in [1.54, 1.807) is 6.08 Å². The van der Waals surface area contributed by atoms with Gasteiger partial charge in [0.05, 0.1) is 25.4 Å². The summed E-state index contributed by atoms with van der Waals surface area (Å²) in [7, 11) is 0. The van der Waals surface area contributed by atoms with Crippen molar-refractivity contribution < 1.29 is 49.3 Å². The van der Waals surface area contributed by atoms with Crippen LogP contribution in [0.5, 0.6) is 0 Å². The molecule has 11 heteroatoms. The number of hydrogen-bond donors (Lipinski definition) is 6. The summed E-state index contributed by atoms with van der Waals surface area (Å²) < 4.78 is 17.7. The number of esters is 1. The Morgan fingerprint density at radius 1 is 0.470 bits per heavy atom. The van der Waals surface area contributed by atoms with E-state index in [4.69, 9.17) is 14.2 Å². The largest absolute Gasteiger partial charge is 0.454 e. The van der Waals surface area contributed by atoms with Crippen LogP contribution in [0.25, 0.3) is 0 Å². The van der Waals surface area contributed by atoms with Crippen LogP contribution in [0.3, 0.4) is 0 Å². The average Bonchev–Trinajstić information content (AvgIpc) is 3.58. The summed E-state index contributed by atoms with van der Waals surface area (Å²) in [5.74, 6) is -1.20. The first-order chi connectivity index (χ1) is 40.7. The quantitative estimate of drug-likeness (QED) is 0.0195. The van der Waals surface area contributed by atoms with Gasteiger partial charge in [-0.1, -0.05) is 280 Å². The molecule has 0 aromatic carbocycles. The van der Waals surface area contributed by atoms with Crippen LogP contribution >= 0.6 is 0 Å². The van der Waals surface area contributed by atoms with Gasteiger partial charge in [0.2, 0.25) is 5.91 Å². The first kappa shape index (κ1) is 78.1. The highest BCUT2D eigenvalue weighted by molar-refractivity contribution is 5.80. The SMILES string of the molecule is CCCCC/C=C\C/C=C\C/C=C\CCCCCCCCC(=O)OC1C(OCC(NC(=O)C(O)CCCCCCCCCCCCCC/C=C\C/C=C\CCCCC)C(O)/C=C/CCCCCCCCCCCCC)OC(CO)C(O)C1O. The van der Waals surface area contributed by atoms with Crippen molar-refractivity contribution in [3.63, 3.8) is 0 Å². The van der Waals surface area contributed by atoms with Crippen molar-refractivity contribution in [1.82, 2.24) is 5.32 Å². The molecule has 0 bridgehead atoms. The number of aliphatic hydroxyl groups is 5. The zero-order valence-electron chi connectivity index (χ0n) is 53.6. The second kappa shape index (κ2) is 59.4. The topological polar surface area (TPSA) is 175 Å². The van der Waals surface area contributed by atoms with E-state index in [1.807, 2.05) is 6.08 Å². The van der Waals surface area contributed by atoms with Gasteiger partial charge in [0.15, 0.2) is 12.4 Å². The average molecular weight is 1170 g/mol. The number of hydrogen-bond acceptors (Lipinski definition) is 10. The lowest BCUT2D eigenvalue weighted by molar-refractivity contribution is -0.305. The van der Waals surface area contributed by atoms with Gasteiger partial charge in [-0.15, -0.1) is 0 Å². The highest BCUT2D eigenvalue weighted by Gasteiger charge is 2.47. The molecule has 1 heterocycles. The maximum atomic E-state index is 13.5. The molecule has 0 aromatic heterocycles. The smallest absolute Gasteiger partial charge is 0.306 e. The summed E-state index contributed by atoms with van der Waals surface area (Å²) in [4.78, 5) is 26.7. The van der Waals surface area contributed by atoms with Gasteiger partial charge in [0.25, 0.3) is 0 Å². The molecule has 0 radical (unpaired) electrons. The Bertz CT molecular complexity index is 1630. The molecule has 1 aliphatic heterocycles. The molecule has 1 amide bonds. The lowest BCUT2D eigenvalue weighted by atomic mass is 9.99. The maximum absolute atomic E-state index is 13.5. The molecular weight excluding hydrogens is 1040 g/mol. The number of amides is 1. The molecule has 8 unspecified atom stereocenters. The zero-order chi connectivity index (χ0) is 60.3. The molecule has 1 aliphatic rings. The van der Waals surface area contributed by atoms with Gasteiger partial charge in [-0.3, -0.25) is 9.59 Å². The van der Waals surface area contributed by atoms with Crippen LogP contribution in [0.4, 0.5) is 0 Å². The lowest BCUT2D eigenvalue weighted by Gasteiger charge is -2.41. The first-order valence-corrected chi connectivity index (χ1v) is 34.7. The van der Waals surface area contributed by atoms with E-state index in [0.717, 1.165) is 96.3 Å². The number of aliphatic hydroxyl groups excluding tert-OH is 5. The third-order valence-electron chi connectivity index (χ3n) is 16.1. The van der Waals surface area contributed by atoms with Gasteiger partial charge >= 0.3 is 5.97 Å². The van der Waals surface area contributed by atoms with Gasteiger partial charge in [0, 0.05) is 6.42 Å². The lowest BCUT2D eigenvalue weighted by Crippen LogP contribution is -2.61. The van der Waals surface area contributed by atoms with E-state index in [1.165, 1.54) is 167 Å². The maximum Gasteiger partial charge on any atom is 0.306 e. The number of rotatable bonds is 59. The Morgan fingerprint density at radius 3 is 1.27 bits per heavy atom. The van der Waals surface area contributed by atoms with E-state index >= 15 is 0 Å². The number of carbonyl (C=O) groups excluding carboxylic acids is 2. The Balaban J connectivity index is 2.63. The Hall–Kier alpha value is -2.90. The first-order valence-electron chi connectivity index (χ1n) is 34.7. The fourth-order valence-electron chi connectivity index (χ4n) is 10.6.